The summed E-state index contributed by atoms with van der Waals surface area (Å²) in [5.41, 5.74) is 0. The highest BCUT2D eigenvalue weighted by Gasteiger charge is 2.25. The molecule has 0 spiro atoms. The first kappa shape index (κ1) is 15.5. The minimum atomic E-state index is -0.0590. The van der Waals surface area contributed by atoms with Gasteiger partial charge in [-0.2, -0.15) is 0 Å². The van der Waals surface area contributed by atoms with E-state index >= 15 is 0 Å². The second-order valence-electron chi connectivity index (χ2n) is 5.78. The average Bonchev–Trinajstić information content (AvgIpc) is 3.12. The molecular formula is C15H30N2O. The van der Waals surface area contributed by atoms with Gasteiger partial charge in [0.15, 0.2) is 0 Å². The van der Waals surface area contributed by atoms with Crippen LogP contribution >= 0.6 is 0 Å². The molecule has 2 N–H and O–H groups in total. The third-order valence-corrected chi connectivity index (χ3v) is 3.59. The number of carbonyl (C=O) groups is 1. The smallest absolute Gasteiger partial charge is 0.237 e. The van der Waals surface area contributed by atoms with Gasteiger partial charge < -0.3 is 10.6 Å². The molecule has 1 amide bonds. The first-order valence-electron chi connectivity index (χ1n) is 7.70. The van der Waals surface area contributed by atoms with Crippen LogP contribution in [0.1, 0.15) is 72.1 Å². The van der Waals surface area contributed by atoms with Crippen LogP contribution in [0, 0.1) is 0 Å². The third-order valence-electron chi connectivity index (χ3n) is 3.59. The van der Waals surface area contributed by atoms with E-state index in [1.54, 1.807) is 0 Å². The van der Waals surface area contributed by atoms with Gasteiger partial charge in [0, 0.05) is 12.1 Å². The number of rotatable bonds is 10. The van der Waals surface area contributed by atoms with E-state index in [0.717, 1.165) is 12.8 Å². The van der Waals surface area contributed by atoms with Gasteiger partial charge in [-0.3, -0.25) is 4.79 Å². The number of unbranched alkanes of at least 4 members (excludes halogenated alkanes) is 4. The van der Waals surface area contributed by atoms with E-state index in [4.69, 9.17) is 0 Å². The van der Waals surface area contributed by atoms with Crippen molar-refractivity contribution in [3.63, 3.8) is 0 Å². The van der Waals surface area contributed by atoms with E-state index < -0.39 is 0 Å². The molecule has 3 nitrogen and oxygen atoms in total. The average molecular weight is 254 g/mol. The minimum absolute atomic E-state index is 0.0590. The standard InChI is InChI=1S/C15H30N2O/c1-4-5-6-7-8-9-12(2)16-13(3)15(18)17-14-10-11-14/h12-14,16H,4-11H2,1-3H3,(H,17,18). The van der Waals surface area contributed by atoms with Gasteiger partial charge in [0.1, 0.15) is 0 Å². The predicted octanol–water partition coefficient (Wildman–Crippen LogP) is 2.99. The van der Waals surface area contributed by atoms with Gasteiger partial charge in [-0.05, 0) is 33.1 Å². The molecule has 0 aromatic carbocycles. The summed E-state index contributed by atoms with van der Waals surface area (Å²) < 4.78 is 0. The fourth-order valence-corrected chi connectivity index (χ4v) is 2.19. The second kappa shape index (κ2) is 8.52. The fourth-order valence-electron chi connectivity index (χ4n) is 2.19. The van der Waals surface area contributed by atoms with E-state index in [0.29, 0.717) is 12.1 Å². The number of amides is 1. The summed E-state index contributed by atoms with van der Waals surface area (Å²) in [4.78, 5) is 11.8. The highest BCUT2D eigenvalue weighted by Crippen LogP contribution is 2.18. The maximum absolute atomic E-state index is 11.8. The van der Waals surface area contributed by atoms with Crippen molar-refractivity contribution in [1.82, 2.24) is 10.6 Å². The van der Waals surface area contributed by atoms with Crippen molar-refractivity contribution in [2.75, 3.05) is 0 Å². The molecule has 0 aromatic heterocycles. The van der Waals surface area contributed by atoms with Gasteiger partial charge >= 0.3 is 0 Å². The maximum atomic E-state index is 11.8. The minimum Gasteiger partial charge on any atom is -0.352 e. The van der Waals surface area contributed by atoms with Crippen LogP contribution in [0.5, 0.6) is 0 Å². The zero-order valence-corrected chi connectivity index (χ0v) is 12.3. The Morgan fingerprint density at radius 1 is 1.17 bits per heavy atom. The van der Waals surface area contributed by atoms with E-state index in [-0.39, 0.29) is 11.9 Å². The summed E-state index contributed by atoms with van der Waals surface area (Å²) in [7, 11) is 0. The molecule has 1 aliphatic carbocycles. The molecule has 1 fully saturated rings. The topological polar surface area (TPSA) is 41.1 Å². The van der Waals surface area contributed by atoms with Crippen molar-refractivity contribution in [1.29, 1.82) is 0 Å². The zero-order valence-electron chi connectivity index (χ0n) is 12.3. The van der Waals surface area contributed by atoms with E-state index in [9.17, 15) is 4.79 Å². The Morgan fingerprint density at radius 2 is 1.83 bits per heavy atom. The van der Waals surface area contributed by atoms with Crippen LogP contribution in [-0.4, -0.2) is 24.0 Å². The SMILES string of the molecule is CCCCCCCC(C)NC(C)C(=O)NC1CC1. The van der Waals surface area contributed by atoms with Gasteiger partial charge in [-0.15, -0.1) is 0 Å². The Morgan fingerprint density at radius 3 is 2.44 bits per heavy atom. The van der Waals surface area contributed by atoms with E-state index in [2.05, 4.69) is 24.5 Å². The Kier molecular flexibility index (Phi) is 7.33. The molecule has 0 aromatic rings. The van der Waals surface area contributed by atoms with E-state index in [1.165, 1.54) is 38.5 Å². The molecular weight excluding hydrogens is 224 g/mol. The van der Waals surface area contributed by atoms with Crippen LogP contribution < -0.4 is 10.6 Å². The summed E-state index contributed by atoms with van der Waals surface area (Å²) in [6, 6.07) is 0.842. The Labute approximate surface area is 112 Å². The summed E-state index contributed by atoms with van der Waals surface area (Å²) in [5, 5.41) is 6.43. The van der Waals surface area contributed by atoms with Crippen molar-refractivity contribution < 1.29 is 4.79 Å². The summed E-state index contributed by atoms with van der Waals surface area (Å²) in [6.07, 6.45) is 10.1. The lowest BCUT2D eigenvalue weighted by molar-refractivity contribution is -0.123. The Hall–Kier alpha value is -0.570. The van der Waals surface area contributed by atoms with Crippen LogP contribution in [0.25, 0.3) is 0 Å². The molecule has 1 aliphatic rings. The molecule has 2 atom stereocenters. The van der Waals surface area contributed by atoms with Gasteiger partial charge in [0.05, 0.1) is 6.04 Å². The Bertz CT molecular complexity index is 239. The molecule has 3 heteroatoms. The second-order valence-corrected chi connectivity index (χ2v) is 5.78. The molecule has 2 unspecified atom stereocenters. The van der Waals surface area contributed by atoms with Gasteiger partial charge in [-0.1, -0.05) is 39.0 Å². The number of nitrogens with one attached hydrogen (secondary N) is 2. The third kappa shape index (κ3) is 7.00. The van der Waals surface area contributed by atoms with Crippen LogP contribution in [0.4, 0.5) is 0 Å². The van der Waals surface area contributed by atoms with Crippen molar-refractivity contribution in [3.8, 4) is 0 Å². The highest BCUT2D eigenvalue weighted by atomic mass is 16.2. The fraction of sp³-hybridized carbons (Fsp3) is 0.933. The number of carbonyl (C=O) groups excluding carboxylic acids is 1. The Balaban J connectivity index is 2.02. The van der Waals surface area contributed by atoms with Gasteiger partial charge in [-0.25, -0.2) is 0 Å². The first-order chi connectivity index (χ1) is 8.63. The van der Waals surface area contributed by atoms with Gasteiger partial charge in [0.2, 0.25) is 5.91 Å². The lowest BCUT2D eigenvalue weighted by Crippen LogP contribution is -2.46. The highest BCUT2D eigenvalue weighted by molar-refractivity contribution is 5.81. The molecule has 0 aliphatic heterocycles. The first-order valence-corrected chi connectivity index (χ1v) is 7.70. The van der Waals surface area contributed by atoms with Crippen molar-refractivity contribution in [3.05, 3.63) is 0 Å². The predicted molar refractivity (Wildman–Crippen MR) is 76.6 cm³/mol. The largest absolute Gasteiger partial charge is 0.352 e. The van der Waals surface area contributed by atoms with Crippen LogP contribution in [0.15, 0.2) is 0 Å². The molecule has 106 valence electrons. The molecule has 0 heterocycles. The lowest BCUT2D eigenvalue weighted by atomic mass is 10.1. The molecule has 0 bridgehead atoms. The molecule has 0 radical (unpaired) electrons. The van der Waals surface area contributed by atoms with Crippen molar-refractivity contribution in [2.24, 2.45) is 0 Å². The molecule has 1 saturated carbocycles. The zero-order chi connectivity index (χ0) is 13.4. The van der Waals surface area contributed by atoms with Gasteiger partial charge in [0.25, 0.3) is 0 Å². The van der Waals surface area contributed by atoms with Crippen molar-refractivity contribution in [2.45, 2.75) is 90.3 Å². The summed E-state index contributed by atoms with van der Waals surface area (Å²) in [6.45, 7) is 6.39. The summed E-state index contributed by atoms with van der Waals surface area (Å²) >= 11 is 0. The normalized spacial score (nSPS) is 18.4. The number of hydrogen-bond acceptors (Lipinski definition) is 2. The molecule has 18 heavy (non-hydrogen) atoms. The summed E-state index contributed by atoms with van der Waals surface area (Å²) in [5.74, 6) is 0.162. The molecule has 1 rings (SSSR count). The lowest BCUT2D eigenvalue weighted by Gasteiger charge is -2.19. The van der Waals surface area contributed by atoms with Crippen LogP contribution in [0.3, 0.4) is 0 Å². The quantitative estimate of drug-likeness (QED) is 0.588. The van der Waals surface area contributed by atoms with Crippen molar-refractivity contribution >= 4 is 5.91 Å². The van der Waals surface area contributed by atoms with Crippen LogP contribution in [0.2, 0.25) is 0 Å². The maximum Gasteiger partial charge on any atom is 0.237 e. The molecule has 0 saturated heterocycles. The van der Waals surface area contributed by atoms with Crippen LogP contribution in [-0.2, 0) is 4.79 Å². The van der Waals surface area contributed by atoms with E-state index in [1.807, 2.05) is 6.92 Å². The number of hydrogen-bond donors (Lipinski definition) is 2. The monoisotopic (exact) mass is 254 g/mol.